The van der Waals surface area contributed by atoms with Crippen LogP contribution in [0.4, 0.5) is 5.82 Å². The number of aromatic nitrogens is 2. The first-order valence-corrected chi connectivity index (χ1v) is 7.35. The first kappa shape index (κ1) is 14.8. The first-order valence-electron chi connectivity index (χ1n) is 6.56. The van der Waals surface area contributed by atoms with Crippen molar-refractivity contribution in [3.8, 4) is 5.88 Å². The monoisotopic (exact) mass is 335 g/mol. The molecule has 5 heteroatoms. The number of halogens is 1. The van der Waals surface area contributed by atoms with Gasteiger partial charge in [0.05, 0.1) is 5.56 Å². The molecule has 0 radical (unpaired) electrons. The third kappa shape index (κ3) is 3.70. The molecule has 1 heterocycles. The number of hydrogen-bond donors (Lipinski definition) is 1. The molecule has 0 bridgehead atoms. The van der Waals surface area contributed by atoms with E-state index in [0.29, 0.717) is 18.3 Å². The van der Waals surface area contributed by atoms with Gasteiger partial charge in [0.15, 0.2) is 0 Å². The standard InChI is InChI=1S/C15H18BrN3O/c1-4-17-14-10(2)15(19-11(3)18-14)20-9-12-6-5-7-13(16)8-12/h5-8H,4,9H2,1-3H3,(H,17,18,19). The summed E-state index contributed by atoms with van der Waals surface area (Å²) in [6.07, 6.45) is 0. The van der Waals surface area contributed by atoms with Gasteiger partial charge in [0.2, 0.25) is 5.88 Å². The molecule has 4 nitrogen and oxygen atoms in total. The molecule has 2 rings (SSSR count). The fourth-order valence-electron chi connectivity index (χ4n) is 1.86. The highest BCUT2D eigenvalue weighted by atomic mass is 79.9. The highest BCUT2D eigenvalue weighted by Gasteiger charge is 2.10. The van der Waals surface area contributed by atoms with Crippen molar-refractivity contribution in [2.75, 3.05) is 11.9 Å². The van der Waals surface area contributed by atoms with Gasteiger partial charge in [0.1, 0.15) is 18.2 Å². The Morgan fingerprint density at radius 2 is 2.05 bits per heavy atom. The van der Waals surface area contributed by atoms with Crippen molar-refractivity contribution in [3.63, 3.8) is 0 Å². The second-order valence-electron chi connectivity index (χ2n) is 4.50. The van der Waals surface area contributed by atoms with Gasteiger partial charge in [0.25, 0.3) is 0 Å². The Labute approximate surface area is 127 Å². The highest BCUT2D eigenvalue weighted by molar-refractivity contribution is 9.10. The van der Waals surface area contributed by atoms with E-state index in [4.69, 9.17) is 4.74 Å². The average Bonchev–Trinajstić information content (AvgIpc) is 2.41. The number of aryl methyl sites for hydroxylation is 1. The van der Waals surface area contributed by atoms with Crippen molar-refractivity contribution in [1.82, 2.24) is 9.97 Å². The van der Waals surface area contributed by atoms with Crippen LogP contribution in [0.3, 0.4) is 0 Å². The normalized spacial score (nSPS) is 10.4. The second-order valence-corrected chi connectivity index (χ2v) is 5.41. The summed E-state index contributed by atoms with van der Waals surface area (Å²) in [5.74, 6) is 2.17. The molecule has 1 aromatic carbocycles. The Balaban J connectivity index is 2.16. The maximum atomic E-state index is 5.83. The van der Waals surface area contributed by atoms with Crippen LogP contribution in [0.5, 0.6) is 5.88 Å². The molecule has 0 aliphatic heterocycles. The van der Waals surface area contributed by atoms with E-state index in [2.05, 4.69) is 31.2 Å². The van der Waals surface area contributed by atoms with Gasteiger partial charge in [-0.05, 0) is 38.5 Å². The summed E-state index contributed by atoms with van der Waals surface area (Å²) in [7, 11) is 0. The predicted octanol–water partition coefficient (Wildman–Crippen LogP) is 3.87. The average molecular weight is 336 g/mol. The van der Waals surface area contributed by atoms with Gasteiger partial charge in [-0.1, -0.05) is 28.1 Å². The molecule has 0 unspecified atom stereocenters. The maximum absolute atomic E-state index is 5.83. The number of ether oxygens (including phenoxy) is 1. The lowest BCUT2D eigenvalue weighted by Crippen LogP contribution is -2.07. The lowest BCUT2D eigenvalue weighted by Gasteiger charge is -2.13. The molecule has 0 fully saturated rings. The zero-order valence-electron chi connectivity index (χ0n) is 11.9. The minimum absolute atomic E-state index is 0.488. The fraction of sp³-hybridized carbons (Fsp3) is 0.333. The van der Waals surface area contributed by atoms with Gasteiger partial charge in [-0.3, -0.25) is 0 Å². The lowest BCUT2D eigenvalue weighted by molar-refractivity contribution is 0.290. The van der Waals surface area contributed by atoms with Crippen molar-refractivity contribution < 1.29 is 4.74 Å². The molecule has 0 spiro atoms. The van der Waals surface area contributed by atoms with Crippen LogP contribution in [0.25, 0.3) is 0 Å². The molecular formula is C15H18BrN3O. The third-order valence-corrected chi connectivity index (χ3v) is 3.32. The molecule has 0 aliphatic carbocycles. The second kappa shape index (κ2) is 6.70. The zero-order valence-corrected chi connectivity index (χ0v) is 13.5. The quantitative estimate of drug-likeness (QED) is 0.900. The van der Waals surface area contributed by atoms with Crippen molar-refractivity contribution in [2.24, 2.45) is 0 Å². The van der Waals surface area contributed by atoms with Gasteiger partial charge < -0.3 is 10.1 Å². The summed E-state index contributed by atoms with van der Waals surface area (Å²) >= 11 is 3.46. The molecule has 0 aliphatic rings. The van der Waals surface area contributed by atoms with Gasteiger partial charge in [-0.15, -0.1) is 0 Å². The van der Waals surface area contributed by atoms with Crippen LogP contribution in [0.15, 0.2) is 28.7 Å². The van der Waals surface area contributed by atoms with E-state index in [1.54, 1.807) is 0 Å². The number of benzene rings is 1. The summed E-state index contributed by atoms with van der Waals surface area (Å²) in [6, 6.07) is 8.05. The molecular weight excluding hydrogens is 318 g/mol. The van der Waals surface area contributed by atoms with Gasteiger partial charge >= 0.3 is 0 Å². The zero-order chi connectivity index (χ0) is 14.5. The van der Waals surface area contributed by atoms with Crippen molar-refractivity contribution >= 4 is 21.7 Å². The Kier molecular flexibility index (Phi) is 4.95. The largest absolute Gasteiger partial charge is 0.472 e. The number of hydrogen-bond acceptors (Lipinski definition) is 4. The molecule has 20 heavy (non-hydrogen) atoms. The maximum Gasteiger partial charge on any atom is 0.222 e. The van der Waals surface area contributed by atoms with E-state index in [1.807, 2.05) is 45.0 Å². The number of nitrogens with one attached hydrogen (secondary N) is 1. The number of anilines is 1. The number of rotatable bonds is 5. The Morgan fingerprint density at radius 1 is 1.25 bits per heavy atom. The summed E-state index contributed by atoms with van der Waals surface area (Å²) < 4.78 is 6.88. The Bertz CT molecular complexity index is 602. The van der Waals surface area contributed by atoms with E-state index in [1.165, 1.54) is 0 Å². The van der Waals surface area contributed by atoms with E-state index >= 15 is 0 Å². The lowest BCUT2D eigenvalue weighted by atomic mass is 10.2. The van der Waals surface area contributed by atoms with Crippen LogP contribution in [0.2, 0.25) is 0 Å². The molecule has 0 saturated carbocycles. The van der Waals surface area contributed by atoms with Gasteiger partial charge in [-0.25, -0.2) is 4.98 Å². The summed E-state index contributed by atoms with van der Waals surface area (Å²) in [4.78, 5) is 8.75. The topological polar surface area (TPSA) is 47.0 Å². The molecule has 0 saturated heterocycles. The summed E-state index contributed by atoms with van der Waals surface area (Å²) in [5.41, 5.74) is 2.03. The Morgan fingerprint density at radius 3 is 2.75 bits per heavy atom. The SMILES string of the molecule is CCNc1nc(C)nc(OCc2cccc(Br)c2)c1C. The third-order valence-electron chi connectivity index (χ3n) is 2.82. The van der Waals surface area contributed by atoms with Crippen molar-refractivity contribution in [3.05, 3.63) is 45.7 Å². The summed E-state index contributed by atoms with van der Waals surface area (Å²) in [5, 5.41) is 3.23. The van der Waals surface area contributed by atoms with Crippen LogP contribution in [-0.4, -0.2) is 16.5 Å². The van der Waals surface area contributed by atoms with Crippen molar-refractivity contribution in [2.45, 2.75) is 27.4 Å². The van der Waals surface area contributed by atoms with Gasteiger partial charge in [-0.2, -0.15) is 4.98 Å². The van der Waals surface area contributed by atoms with E-state index in [-0.39, 0.29) is 0 Å². The first-order chi connectivity index (χ1) is 9.60. The predicted molar refractivity (Wildman–Crippen MR) is 84.1 cm³/mol. The minimum Gasteiger partial charge on any atom is -0.472 e. The highest BCUT2D eigenvalue weighted by Crippen LogP contribution is 2.23. The fourth-order valence-corrected chi connectivity index (χ4v) is 2.31. The summed E-state index contributed by atoms with van der Waals surface area (Å²) in [6.45, 7) is 7.18. The molecule has 1 N–H and O–H groups in total. The molecule has 1 aromatic heterocycles. The molecule has 0 amide bonds. The smallest absolute Gasteiger partial charge is 0.222 e. The molecule has 106 valence electrons. The van der Waals surface area contributed by atoms with Crippen LogP contribution < -0.4 is 10.1 Å². The number of nitrogens with zero attached hydrogens (tertiary/aromatic N) is 2. The van der Waals surface area contributed by atoms with E-state index in [9.17, 15) is 0 Å². The van der Waals surface area contributed by atoms with Crippen LogP contribution in [-0.2, 0) is 6.61 Å². The Hall–Kier alpha value is -1.62. The van der Waals surface area contributed by atoms with Gasteiger partial charge in [0, 0.05) is 11.0 Å². The minimum atomic E-state index is 0.488. The van der Waals surface area contributed by atoms with E-state index in [0.717, 1.165) is 28.0 Å². The van der Waals surface area contributed by atoms with Crippen LogP contribution >= 0.6 is 15.9 Å². The van der Waals surface area contributed by atoms with Crippen molar-refractivity contribution in [1.29, 1.82) is 0 Å². The van der Waals surface area contributed by atoms with Crippen LogP contribution in [0, 0.1) is 13.8 Å². The van der Waals surface area contributed by atoms with E-state index < -0.39 is 0 Å². The molecule has 0 atom stereocenters. The molecule has 2 aromatic rings. The van der Waals surface area contributed by atoms with Crippen LogP contribution in [0.1, 0.15) is 23.9 Å².